The number of aromatic nitrogens is 2. The molecule has 11 heteroatoms. The van der Waals surface area contributed by atoms with Crippen LogP contribution in [0, 0.1) is 0 Å². The van der Waals surface area contributed by atoms with E-state index in [1.807, 2.05) is 18.2 Å². The van der Waals surface area contributed by atoms with Crippen LogP contribution in [0.2, 0.25) is 5.02 Å². The quantitative estimate of drug-likeness (QED) is 0.439. The van der Waals surface area contributed by atoms with Gasteiger partial charge in [0.1, 0.15) is 0 Å². The van der Waals surface area contributed by atoms with Gasteiger partial charge in [-0.05, 0) is 66.7 Å². The summed E-state index contributed by atoms with van der Waals surface area (Å²) < 4.78 is 42.0. The fraction of sp³-hybridized carbons (Fsp3) is 0.320. The van der Waals surface area contributed by atoms with E-state index < -0.39 is 11.7 Å². The molecule has 2 fully saturated rings. The minimum atomic E-state index is -4.51. The molecule has 0 unspecified atom stereocenters. The number of thioether (sulfide) groups is 1. The minimum absolute atomic E-state index is 0.0325. The lowest BCUT2D eigenvalue weighted by Gasteiger charge is -2.32. The van der Waals surface area contributed by atoms with Gasteiger partial charge < -0.3 is 4.90 Å². The molecule has 1 aromatic heterocycles. The van der Waals surface area contributed by atoms with E-state index in [0.29, 0.717) is 22.5 Å². The van der Waals surface area contributed by atoms with Gasteiger partial charge in [-0.15, -0.1) is 0 Å². The number of carbonyl (C=O) groups excluding carboxylic acids is 1. The maximum absolute atomic E-state index is 13.5. The zero-order chi connectivity index (χ0) is 25.2. The number of benzene rings is 2. The van der Waals surface area contributed by atoms with Gasteiger partial charge in [0.05, 0.1) is 28.7 Å². The van der Waals surface area contributed by atoms with Crippen LogP contribution in [0.3, 0.4) is 0 Å². The maximum Gasteiger partial charge on any atom is 0.416 e. The van der Waals surface area contributed by atoms with Crippen LogP contribution in [0.1, 0.15) is 23.1 Å². The van der Waals surface area contributed by atoms with Gasteiger partial charge in [-0.2, -0.15) is 23.3 Å². The molecule has 0 radical (unpaired) electrons. The van der Waals surface area contributed by atoms with Crippen LogP contribution >= 0.6 is 23.4 Å². The van der Waals surface area contributed by atoms with E-state index in [2.05, 4.69) is 26.9 Å². The second-order valence-electron chi connectivity index (χ2n) is 9.37. The molecule has 6 nitrogen and oxygen atoms in total. The van der Waals surface area contributed by atoms with Crippen LogP contribution in [0.15, 0.2) is 52.5 Å². The summed E-state index contributed by atoms with van der Waals surface area (Å²) in [5.74, 6) is -0.246. The molecule has 4 heterocycles. The van der Waals surface area contributed by atoms with Crippen molar-refractivity contribution in [3.8, 4) is 0 Å². The van der Waals surface area contributed by atoms with E-state index in [1.54, 1.807) is 12.3 Å². The molecule has 0 saturated carbocycles. The van der Waals surface area contributed by atoms with Crippen molar-refractivity contribution in [1.29, 1.82) is 0 Å². The fourth-order valence-corrected chi connectivity index (χ4v) is 6.37. The highest BCUT2D eigenvalue weighted by molar-refractivity contribution is 8.18. The Morgan fingerprint density at radius 2 is 2.00 bits per heavy atom. The maximum atomic E-state index is 13.5. The van der Waals surface area contributed by atoms with E-state index in [1.165, 1.54) is 28.6 Å². The highest BCUT2D eigenvalue weighted by Crippen LogP contribution is 2.38. The molecule has 2 aromatic carbocycles. The Morgan fingerprint density at radius 1 is 1.17 bits per heavy atom. The second-order valence-corrected chi connectivity index (χ2v) is 10.8. The minimum Gasteiger partial charge on any atom is -0.345 e. The van der Waals surface area contributed by atoms with Crippen LogP contribution in [-0.2, 0) is 17.5 Å². The van der Waals surface area contributed by atoms with E-state index in [-0.39, 0.29) is 23.0 Å². The summed E-state index contributed by atoms with van der Waals surface area (Å²) >= 11 is 7.20. The summed E-state index contributed by atoms with van der Waals surface area (Å²) in [6, 6.07) is 10.2. The SMILES string of the molecule is CN1C[C@@H]2C[C@H]1CN2C1=NC(=O)/C(=C/c2ccc3c(cnn3Cc3ccc(Cl)cc3C(F)(F)F)c2)S1. The van der Waals surface area contributed by atoms with Crippen molar-refractivity contribution in [1.82, 2.24) is 19.6 Å². The fourth-order valence-electron chi connectivity index (χ4n) is 5.21. The molecule has 2 atom stereocenters. The Labute approximate surface area is 214 Å². The average Bonchev–Trinajstić information content (AvgIpc) is 3.58. The van der Waals surface area contributed by atoms with Gasteiger partial charge in [0.2, 0.25) is 0 Å². The standard InChI is InChI=1S/C25H21ClF3N5OS/c1-32-12-19-9-18(32)13-33(19)24-31-23(35)22(36-24)7-14-2-5-21-16(6-14)10-30-34(21)11-15-3-4-17(26)8-20(15)25(27,28)29/h2-8,10,18-19H,9,11-13H2,1H3/b22-7-/t18-,19-/m0/s1. The largest absolute Gasteiger partial charge is 0.416 e. The highest BCUT2D eigenvalue weighted by Gasteiger charge is 2.44. The third-order valence-corrected chi connectivity index (χ3v) is 8.29. The van der Waals surface area contributed by atoms with Crippen LogP contribution in [0.4, 0.5) is 13.2 Å². The zero-order valence-electron chi connectivity index (χ0n) is 19.2. The first-order valence-electron chi connectivity index (χ1n) is 11.5. The molecule has 2 saturated heterocycles. The highest BCUT2D eigenvalue weighted by atomic mass is 35.5. The van der Waals surface area contributed by atoms with Crippen molar-refractivity contribution in [3.05, 3.63) is 69.2 Å². The molecule has 1 amide bonds. The number of carbonyl (C=O) groups is 1. The van der Waals surface area contributed by atoms with Crippen molar-refractivity contribution in [2.45, 2.75) is 31.2 Å². The molecule has 0 spiro atoms. The van der Waals surface area contributed by atoms with Gasteiger partial charge in [-0.1, -0.05) is 23.7 Å². The number of rotatable bonds is 3. The average molecular weight is 532 g/mol. The second kappa shape index (κ2) is 8.64. The lowest BCUT2D eigenvalue weighted by Crippen LogP contribution is -2.46. The lowest BCUT2D eigenvalue weighted by atomic mass is 10.1. The molecule has 3 aliphatic rings. The first-order valence-corrected chi connectivity index (χ1v) is 12.7. The first kappa shape index (κ1) is 23.6. The van der Waals surface area contributed by atoms with E-state index in [0.717, 1.165) is 41.7 Å². The zero-order valence-corrected chi connectivity index (χ0v) is 20.7. The molecule has 0 N–H and O–H groups in total. The molecular weight excluding hydrogens is 511 g/mol. The Kier molecular flexibility index (Phi) is 5.66. The third kappa shape index (κ3) is 4.21. The summed E-state index contributed by atoms with van der Waals surface area (Å²) in [5.41, 5.74) is 0.812. The van der Waals surface area contributed by atoms with E-state index in [4.69, 9.17) is 11.6 Å². The third-order valence-electron chi connectivity index (χ3n) is 7.03. The summed E-state index contributed by atoms with van der Waals surface area (Å²) in [6.45, 7) is 1.83. The lowest BCUT2D eigenvalue weighted by molar-refractivity contribution is -0.138. The van der Waals surface area contributed by atoms with Gasteiger partial charge in [-0.3, -0.25) is 14.4 Å². The number of fused-ring (bicyclic) bond motifs is 3. The van der Waals surface area contributed by atoms with Crippen molar-refractivity contribution in [2.24, 2.45) is 4.99 Å². The van der Waals surface area contributed by atoms with Crippen LogP contribution in [0.25, 0.3) is 17.0 Å². The Morgan fingerprint density at radius 3 is 2.72 bits per heavy atom. The Bertz CT molecular complexity index is 1450. The van der Waals surface area contributed by atoms with Gasteiger partial charge in [0.15, 0.2) is 5.17 Å². The molecule has 36 heavy (non-hydrogen) atoms. The molecule has 186 valence electrons. The van der Waals surface area contributed by atoms with Crippen molar-refractivity contribution >= 4 is 51.4 Å². The number of likely N-dealkylation sites (N-methyl/N-ethyl adjacent to an activating group) is 1. The molecule has 0 aliphatic carbocycles. The number of alkyl halides is 3. The monoisotopic (exact) mass is 531 g/mol. The van der Waals surface area contributed by atoms with Gasteiger partial charge in [0, 0.05) is 35.6 Å². The number of amides is 1. The van der Waals surface area contributed by atoms with Crippen LogP contribution < -0.4 is 0 Å². The molecule has 3 aliphatic heterocycles. The van der Waals surface area contributed by atoms with Crippen molar-refractivity contribution < 1.29 is 18.0 Å². The number of nitrogens with zero attached hydrogens (tertiary/aromatic N) is 5. The van der Waals surface area contributed by atoms with Gasteiger partial charge in [0.25, 0.3) is 5.91 Å². The van der Waals surface area contributed by atoms with E-state index >= 15 is 0 Å². The Hall–Kier alpha value is -2.82. The molecule has 2 bridgehead atoms. The molecular formula is C25H21ClF3N5OS. The van der Waals surface area contributed by atoms with Crippen molar-refractivity contribution in [3.63, 3.8) is 0 Å². The van der Waals surface area contributed by atoms with E-state index in [9.17, 15) is 18.0 Å². The number of hydrogen-bond donors (Lipinski definition) is 0. The number of amidine groups is 1. The normalized spacial score (nSPS) is 23.5. The topological polar surface area (TPSA) is 53.7 Å². The summed E-state index contributed by atoms with van der Waals surface area (Å²) in [5, 5.41) is 5.87. The van der Waals surface area contributed by atoms with Crippen molar-refractivity contribution in [2.75, 3.05) is 20.1 Å². The number of aliphatic imine (C=N–C) groups is 1. The summed E-state index contributed by atoms with van der Waals surface area (Å²) in [4.78, 5) is 22.0. The number of likely N-dealkylation sites (tertiary alicyclic amines) is 2. The predicted octanol–water partition coefficient (Wildman–Crippen LogP) is 5.12. The molecule has 6 rings (SSSR count). The summed E-state index contributed by atoms with van der Waals surface area (Å²) in [6.07, 6.45) is 0.00909. The predicted molar refractivity (Wildman–Crippen MR) is 135 cm³/mol. The first-order chi connectivity index (χ1) is 17.2. The summed E-state index contributed by atoms with van der Waals surface area (Å²) in [7, 11) is 2.13. The number of piperazine rings is 1. The number of halogens is 4. The Balaban J connectivity index is 1.22. The number of hydrogen-bond acceptors (Lipinski definition) is 5. The van der Waals surface area contributed by atoms with Gasteiger partial charge >= 0.3 is 6.18 Å². The smallest absolute Gasteiger partial charge is 0.345 e. The van der Waals surface area contributed by atoms with Crippen LogP contribution in [-0.4, -0.2) is 62.9 Å². The molecule has 3 aromatic rings. The van der Waals surface area contributed by atoms with Gasteiger partial charge in [-0.25, -0.2) is 0 Å². The van der Waals surface area contributed by atoms with Crippen LogP contribution in [0.5, 0.6) is 0 Å².